The van der Waals surface area contributed by atoms with Crippen molar-refractivity contribution >= 4 is 27.5 Å². The van der Waals surface area contributed by atoms with Crippen LogP contribution in [0.4, 0.5) is 0 Å². The Bertz CT molecular complexity index is 620. The number of carboxylic acid groups (broad SMARTS) is 1. The number of nitrogens with zero attached hydrogens (tertiary/aromatic N) is 2. The van der Waals surface area contributed by atoms with E-state index in [0.29, 0.717) is 22.2 Å². The van der Waals surface area contributed by atoms with Gasteiger partial charge >= 0.3 is 5.97 Å². The molecule has 0 unspecified atom stereocenters. The highest BCUT2D eigenvalue weighted by Crippen LogP contribution is 2.26. The van der Waals surface area contributed by atoms with Crippen LogP contribution in [0.3, 0.4) is 0 Å². The van der Waals surface area contributed by atoms with Crippen LogP contribution in [0.1, 0.15) is 22.5 Å². The maximum atomic E-state index is 10.9. The third-order valence-corrected chi connectivity index (χ3v) is 4.46. The Morgan fingerprint density at radius 2 is 2.20 bits per heavy atom. The lowest BCUT2D eigenvalue weighted by Crippen LogP contribution is -2.25. The Kier molecular flexibility index (Phi) is 3.84. The molecule has 3 rings (SSSR count). The summed E-state index contributed by atoms with van der Waals surface area (Å²) in [7, 11) is 0. The molecule has 106 valence electrons. The number of fused-ring (bicyclic) bond motifs is 1. The zero-order valence-corrected chi connectivity index (χ0v) is 11.9. The van der Waals surface area contributed by atoms with E-state index in [-0.39, 0.29) is 0 Å². The van der Waals surface area contributed by atoms with Gasteiger partial charge < -0.3 is 9.84 Å². The van der Waals surface area contributed by atoms with Crippen LogP contribution in [-0.4, -0.2) is 47.2 Å². The van der Waals surface area contributed by atoms with Crippen molar-refractivity contribution in [2.24, 2.45) is 0 Å². The SMILES string of the molecule is O=C(O)c1cc2ccc(OCCN3CCCC3)nc2s1. The van der Waals surface area contributed by atoms with Gasteiger partial charge in [-0.25, -0.2) is 9.78 Å². The largest absolute Gasteiger partial charge is 0.477 e. The standard InChI is InChI=1S/C14H16N2O3S/c17-14(18)11-9-10-3-4-12(15-13(10)20-11)19-8-7-16-5-1-2-6-16/h3-4,9H,1-2,5-8H2,(H,17,18). The van der Waals surface area contributed by atoms with Crippen molar-refractivity contribution in [2.45, 2.75) is 12.8 Å². The molecule has 0 spiro atoms. The van der Waals surface area contributed by atoms with Crippen LogP contribution < -0.4 is 4.74 Å². The van der Waals surface area contributed by atoms with E-state index >= 15 is 0 Å². The van der Waals surface area contributed by atoms with Gasteiger partial charge in [0, 0.05) is 18.0 Å². The number of ether oxygens (including phenoxy) is 1. The molecule has 0 aromatic carbocycles. The molecule has 3 heterocycles. The zero-order valence-electron chi connectivity index (χ0n) is 11.0. The van der Waals surface area contributed by atoms with E-state index in [2.05, 4.69) is 9.88 Å². The second-order valence-electron chi connectivity index (χ2n) is 4.86. The molecule has 0 bridgehead atoms. The highest BCUT2D eigenvalue weighted by atomic mass is 32.1. The molecule has 1 N–H and O–H groups in total. The molecule has 0 radical (unpaired) electrons. The van der Waals surface area contributed by atoms with Crippen LogP contribution >= 0.6 is 11.3 Å². The maximum Gasteiger partial charge on any atom is 0.345 e. The van der Waals surface area contributed by atoms with E-state index in [1.54, 1.807) is 12.1 Å². The highest BCUT2D eigenvalue weighted by molar-refractivity contribution is 7.20. The molecule has 6 heteroatoms. The van der Waals surface area contributed by atoms with Gasteiger partial charge in [-0.15, -0.1) is 11.3 Å². The first-order chi connectivity index (χ1) is 9.72. The predicted molar refractivity (Wildman–Crippen MR) is 77.7 cm³/mol. The fourth-order valence-corrected chi connectivity index (χ4v) is 3.23. The summed E-state index contributed by atoms with van der Waals surface area (Å²) in [6.07, 6.45) is 2.55. The Labute approximate surface area is 120 Å². The van der Waals surface area contributed by atoms with Crippen LogP contribution in [0.2, 0.25) is 0 Å². The Morgan fingerprint density at radius 1 is 1.40 bits per heavy atom. The second-order valence-corrected chi connectivity index (χ2v) is 5.89. The van der Waals surface area contributed by atoms with E-state index in [9.17, 15) is 4.79 Å². The molecule has 1 fully saturated rings. The Morgan fingerprint density at radius 3 is 2.95 bits per heavy atom. The summed E-state index contributed by atoms with van der Waals surface area (Å²) in [6.45, 7) is 3.85. The van der Waals surface area contributed by atoms with E-state index in [1.165, 1.54) is 24.2 Å². The third-order valence-electron chi connectivity index (χ3n) is 3.42. The van der Waals surface area contributed by atoms with Crippen LogP contribution in [0.15, 0.2) is 18.2 Å². The number of aromatic nitrogens is 1. The van der Waals surface area contributed by atoms with Crippen LogP contribution in [0, 0.1) is 0 Å². The van der Waals surface area contributed by atoms with Gasteiger partial charge in [-0.2, -0.15) is 0 Å². The molecule has 1 aliphatic rings. The minimum atomic E-state index is -0.912. The summed E-state index contributed by atoms with van der Waals surface area (Å²) in [5.41, 5.74) is 0. The van der Waals surface area contributed by atoms with Crippen molar-refractivity contribution in [3.63, 3.8) is 0 Å². The lowest BCUT2D eigenvalue weighted by Gasteiger charge is -2.14. The zero-order chi connectivity index (χ0) is 13.9. The fraction of sp³-hybridized carbons (Fsp3) is 0.429. The van der Waals surface area contributed by atoms with Crippen molar-refractivity contribution in [3.8, 4) is 5.88 Å². The molecule has 5 nitrogen and oxygen atoms in total. The topological polar surface area (TPSA) is 62.7 Å². The predicted octanol–water partition coefficient (Wildman–Crippen LogP) is 2.47. The molecule has 0 atom stereocenters. The van der Waals surface area contributed by atoms with Gasteiger partial charge in [-0.3, -0.25) is 4.90 Å². The van der Waals surface area contributed by atoms with Gasteiger partial charge in [-0.05, 0) is 38.1 Å². The van der Waals surface area contributed by atoms with Gasteiger partial charge in [0.25, 0.3) is 0 Å². The number of hydrogen-bond acceptors (Lipinski definition) is 5. The van der Waals surface area contributed by atoms with Crippen molar-refractivity contribution < 1.29 is 14.6 Å². The molecule has 0 amide bonds. The quantitative estimate of drug-likeness (QED) is 0.917. The van der Waals surface area contributed by atoms with Crippen molar-refractivity contribution in [2.75, 3.05) is 26.2 Å². The summed E-state index contributed by atoms with van der Waals surface area (Å²) >= 11 is 1.18. The summed E-state index contributed by atoms with van der Waals surface area (Å²) in [4.78, 5) is 18.7. The number of rotatable bonds is 5. The molecule has 1 aliphatic heterocycles. The smallest absolute Gasteiger partial charge is 0.345 e. The van der Waals surface area contributed by atoms with Crippen molar-refractivity contribution in [1.29, 1.82) is 0 Å². The van der Waals surface area contributed by atoms with Crippen LogP contribution in [0.5, 0.6) is 5.88 Å². The molecule has 0 saturated carbocycles. The highest BCUT2D eigenvalue weighted by Gasteiger charge is 2.12. The molecular weight excluding hydrogens is 276 g/mol. The molecule has 0 aliphatic carbocycles. The monoisotopic (exact) mass is 292 g/mol. The minimum absolute atomic E-state index is 0.307. The minimum Gasteiger partial charge on any atom is -0.477 e. The summed E-state index contributed by atoms with van der Waals surface area (Å²) < 4.78 is 5.65. The molecule has 1 saturated heterocycles. The molecule has 2 aromatic heterocycles. The summed E-state index contributed by atoms with van der Waals surface area (Å²) in [5.74, 6) is -0.347. The second kappa shape index (κ2) is 5.76. The maximum absolute atomic E-state index is 10.9. The number of likely N-dealkylation sites (tertiary alicyclic amines) is 1. The van der Waals surface area contributed by atoms with Crippen molar-refractivity contribution in [3.05, 3.63) is 23.1 Å². The van der Waals surface area contributed by atoms with Gasteiger partial charge in [0.15, 0.2) is 0 Å². The summed E-state index contributed by atoms with van der Waals surface area (Å²) in [5, 5.41) is 9.81. The van der Waals surface area contributed by atoms with E-state index < -0.39 is 5.97 Å². The summed E-state index contributed by atoms with van der Waals surface area (Å²) in [6, 6.07) is 5.30. The average Bonchev–Trinajstić information content (AvgIpc) is 3.06. The first kappa shape index (κ1) is 13.3. The van der Waals surface area contributed by atoms with Gasteiger partial charge in [0.05, 0.1) is 0 Å². The number of pyridine rings is 1. The van der Waals surface area contributed by atoms with Crippen LogP contribution in [0.25, 0.3) is 10.2 Å². The fourth-order valence-electron chi connectivity index (χ4n) is 2.37. The van der Waals surface area contributed by atoms with Crippen molar-refractivity contribution in [1.82, 2.24) is 9.88 Å². The van der Waals surface area contributed by atoms with Gasteiger partial charge in [0.1, 0.15) is 16.3 Å². The van der Waals surface area contributed by atoms with Gasteiger partial charge in [0.2, 0.25) is 5.88 Å². The number of aromatic carboxylic acids is 1. The van der Waals surface area contributed by atoms with E-state index in [4.69, 9.17) is 9.84 Å². The third kappa shape index (κ3) is 2.91. The lowest BCUT2D eigenvalue weighted by atomic mass is 10.3. The Hall–Kier alpha value is -1.66. The number of carboxylic acids is 1. The molecular formula is C14H16N2O3S. The number of hydrogen-bond donors (Lipinski definition) is 1. The Balaban J connectivity index is 1.64. The average molecular weight is 292 g/mol. The number of carbonyl (C=O) groups is 1. The van der Waals surface area contributed by atoms with E-state index in [0.717, 1.165) is 25.0 Å². The first-order valence-corrected chi connectivity index (χ1v) is 7.53. The van der Waals surface area contributed by atoms with Gasteiger partial charge in [-0.1, -0.05) is 0 Å². The molecule has 20 heavy (non-hydrogen) atoms. The number of thiophene rings is 1. The normalized spacial score (nSPS) is 15.8. The first-order valence-electron chi connectivity index (χ1n) is 6.71. The molecule has 2 aromatic rings. The van der Waals surface area contributed by atoms with E-state index in [1.807, 2.05) is 6.07 Å². The van der Waals surface area contributed by atoms with Crippen LogP contribution in [-0.2, 0) is 0 Å². The lowest BCUT2D eigenvalue weighted by molar-refractivity contribution is 0.0702.